The number of carbonyl (C=O) groups is 2. The van der Waals surface area contributed by atoms with E-state index < -0.39 is 5.92 Å². The first-order chi connectivity index (χ1) is 13.4. The summed E-state index contributed by atoms with van der Waals surface area (Å²) in [7, 11) is 5.89. The molecule has 0 amide bonds. The van der Waals surface area contributed by atoms with Crippen LogP contribution in [0.15, 0.2) is 36.4 Å². The molecule has 6 nitrogen and oxygen atoms in total. The maximum absolute atomic E-state index is 13.5. The molecule has 2 aromatic rings. The van der Waals surface area contributed by atoms with E-state index in [4.69, 9.17) is 18.9 Å². The number of hydrogen-bond acceptors (Lipinski definition) is 6. The van der Waals surface area contributed by atoms with Gasteiger partial charge in [-0.15, -0.1) is 0 Å². The highest BCUT2D eigenvalue weighted by atomic mass is 16.5. The number of Topliss-reactive ketones (excluding diaryl/α,β-unsaturated/α-hetero) is 2. The average molecular weight is 386 g/mol. The van der Waals surface area contributed by atoms with Gasteiger partial charge in [-0.3, -0.25) is 9.59 Å². The van der Waals surface area contributed by atoms with Crippen LogP contribution in [-0.2, 0) is 0 Å². The Morgan fingerprint density at radius 3 is 1.14 bits per heavy atom. The molecular formula is C22H26O6. The van der Waals surface area contributed by atoms with E-state index in [0.717, 1.165) is 0 Å². The highest BCUT2D eigenvalue weighted by molar-refractivity contribution is 6.19. The molecule has 150 valence electrons. The SMILES string of the molecule is COc1cccc(OC)c1C(=O)C(C(=O)c1c(OC)cccc1OC)C(C)C. The molecule has 0 aliphatic rings. The fourth-order valence-corrected chi connectivity index (χ4v) is 3.22. The van der Waals surface area contributed by atoms with Crippen LogP contribution >= 0.6 is 0 Å². The topological polar surface area (TPSA) is 71.1 Å². The molecule has 0 unspecified atom stereocenters. The van der Waals surface area contributed by atoms with Crippen molar-refractivity contribution < 1.29 is 28.5 Å². The molecule has 0 aromatic heterocycles. The smallest absolute Gasteiger partial charge is 0.181 e. The molecule has 0 fully saturated rings. The molecule has 0 atom stereocenters. The van der Waals surface area contributed by atoms with E-state index in [9.17, 15) is 9.59 Å². The maximum Gasteiger partial charge on any atom is 0.181 e. The Morgan fingerprint density at radius 2 is 0.929 bits per heavy atom. The van der Waals surface area contributed by atoms with Gasteiger partial charge in [0.15, 0.2) is 11.6 Å². The van der Waals surface area contributed by atoms with Crippen LogP contribution in [-0.4, -0.2) is 40.0 Å². The van der Waals surface area contributed by atoms with Crippen molar-refractivity contribution in [3.8, 4) is 23.0 Å². The zero-order valence-corrected chi connectivity index (χ0v) is 17.1. The quantitative estimate of drug-likeness (QED) is 0.478. The van der Waals surface area contributed by atoms with Crippen LogP contribution in [0, 0.1) is 11.8 Å². The largest absolute Gasteiger partial charge is 0.496 e. The monoisotopic (exact) mass is 386 g/mol. The van der Waals surface area contributed by atoms with E-state index in [0.29, 0.717) is 23.0 Å². The second kappa shape index (κ2) is 9.26. The Balaban J connectivity index is 2.63. The molecule has 0 heterocycles. The van der Waals surface area contributed by atoms with Gasteiger partial charge in [-0.1, -0.05) is 26.0 Å². The summed E-state index contributed by atoms with van der Waals surface area (Å²) in [6.45, 7) is 3.65. The normalized spacial score (nSPS) is 10.7. The van der Waals surface area contributed by atoms with E-state index >= 15 is 0 Å². The van der Waals surface area contributed by atoms with Gasteiger partial charge >= 0.3 is 0 Å². The third kappa shape index (κ3) is 3.96. The minimum Gasteiger partial charge on any atom is -0.496 e. The number of carbonyl (C=O) groups excluding carboxylic acids is 2. The van der Waals surface area contributed by atoms with Gasteiger partial charge in [-0.2, -0.15) is 0 Å². The molecule has 0 aliphatic heterocycles. The van der Waals surface area contributed by atoms with Crippen molar-refractivity contribution in [2.45, 2.75) is 13.8 Å². The van der Waals surface area contributed by atoms with Crippen molar-refractivity contribution in [3.05, 3.63) is 47.5 Å². The molecule has 0 aliphatic carbocycles. The molecule has 0 spiro atoms. The second-order valence-electron chi connectivity index (χ2n) is 6.53. The summed E-state index contributed by atoms with van der Waals surface area (Å²) in [6, 6.07) is 10.1. The van der Waals surface area contributed by atoms with Gasteiger partial charge in [-0.05, 0) is 30.2 Å². The minimum atomic E-state index is -0.963. The zero-order chi connectivity index (χ0) is 20.8. The molecule has 0 bridgehead atoms. The number of ether oxygens (including phenoxy) is 4. The van der Waals surface area contributed by atoms with Crippen molar-refractivity contribution in [2.24, 2.45) is 11.8 Å². The molecule has 2 rings (SSSR count). The third-order valence-electron chi connectivity index (χ3n) is 4.58. The van der Waals surface area contributed by atoms with Crippen LogP contribution in [0.2, 0.25) is 0 Å². The first-order valence-electron chi connectivity index (χ1n) is 8.91. The predicted octanol–water partition coefficient (Wildman–Crippen LogP) is 4.06. The first-order valence-corrected chi connectivity index (χ1v) is 8.91. The van der Waals surface area contributed by atoms with Gasteiger partial charge in [0.05, 0.1) is 34.4 Å². The zero-order valence-electron chi connectivity index (χ0n) is 17.1. The van der Waals surface area contributed by atoms with Crippen molar-refractivity contribution in [1.82, 2.24) is 0 Å². The number of hydrogen-bond donors (Lipinski definition) is 0. The number of rotatable bonds is 9. The van der Waals surface area contributed by atoms with Crippen LogP contribution in [0.25, 0.3) is 0 Å². The Morgan fingerprint density at radius 1 is 0.643 bits per heavy atom. The highest BCUT2D eigenvalue weighted by Crippen LogP contribution is 2.37. The molecule has 0 saturated carbocycles. The lowest BCUT2D eigenvalue weighted by Crippen LogP contribution is -2.30. The Bertz CT molecular complexity index is 744. The van der Waals surface area contributed by atoms with Gasteiger partial charge < -0.3 is 18.9 Å². The molecule has 0 saturated heterocycles. The van der Waals surface area contributed by atoms with E-state index in [2.05, 4.69) is 0 Å². The van der Waals surface area contributed by atoms with Crippen LogP contribution in [0.4, 0.5) is 0 Å². The number of methoxy groups -OCH3 is 4. The minimum absolute atomic E-state index is 0.244. The lowest BCUT2D eigenvalue weighted by Gasteiger charge is -2.22. The lowest BCUT2D eigenvalue weighted by atomic mass is 9.81. The molecule has 6 heteroatoms. The van der Waals surface area contributed by atoms with Gasteiger partial charge in [-0.25, -0.2) is 0 Å². The summed E-state index contributed by atoms with van der Waals surface area (Å²) in [5.41, 5.74) is 0.488. The molecule has 2 aromatic carbocycles. The van der Waals surface area contributed by atoms with E-state index in [1.54, 1.807) is 36.4 Å². The van der Waals surface area contributed by atoms with E-state index in [1.807, 2.05) is 13.8 Å². The van der Waals surface area contributed by atoms with Gasteiger partial charge in [0, 0.05) is 0 Å². The van der Waals surface area contributed by atoms with Crippen LogP contribution in [0.3, 0.4) is 0 Å². The summed E-state index contributed by atoms with van der Waals surface area (Å²) in [6.07, 6.45) is 0. The van der Waals surface area contributed by atoms with Gasteiger partial charge in [0.2, 0.25) is 0 Å². The van der Waals surface area contributed by atoms with E-state index in [-0.39, 0.29) is 28.6 Å². The van der Waals surface area contributed by atoms with Crippen molar-refractivity contribution >= 4 is 11.6 Å². The van der Waals surface area contributed by atoms with Gasteiger partial charge in [0.1, 0.15) is 34.1 Å². The summed E-state index contributed by atoms with van der Waals surface area (Å²) < 4.78 is 21.4. The van der Waals surface area contributed by atoms with Crippen LogP contribution in [0.5, 0.6) is 23.0 Å². The lowest BCUT2D eigenvalue weighted by molar-refractivity contribution is 0.0760. The van der Waals surface area contributed by atoms with Crippen molar-refractivity contribution in [2.75, 3.05) is 28.4 Å². The Hall–Kier alpha value is -3.02. The summed E-state index contributed by atoms with van der Waals surface area (Å²) in [4.78, 5) is 27.0. The Labute approximate surface area is 165 Å². The van der Waals surface area contributed by atoms with Crippen molar-refractivity contribution in [3.63, 3.8) is 0 Å². The molecule has 28 heavy (non-hydrogen) atoms. The van der Waals surface area contributed by atoms with Crippen LogP contribution in [0.1, 0.15) is 34.6 Å². The van der Waals surface area contributed by atoms with E-state index in [1.165, 1.54) is 28.4 Å². The van der Waals surface area contributed by atoms with Crippen molar-refractivity contribution in [1.29, 1.82) is 0 Å². The summed E-state index contributed by atoms with van der Waals surface area (Å²) in [5.74, 6) is -0.557. The third-order valence-corrected chi connectivity index (χ3v) is 4.58. The predicted molar refractivity (Wildman–Crippen MR) is 106 cm³/mol. The molecule has 0 N–H and O–H groups in total. The summed E-state index contributed by atoms with van der Waals surface area (Å²) in [5, 5.41) is 0. The highest BCUT2D eigenvalue weighted by Gasteiger charge is 2.37. The van der Waals surface area contributed by atoms with Gasteiger partial charge in [0.25, 0.3) is 0 Å². The maximum atomic E-state index is 13.5. The second-order valence-corrected chi connectivity index (χ2v) is 6.53. The average Bonchev–Trinajstić information content (AvgIpc) is 2.71. The molecule has 0 radical (unpaired) electrons. The fraction of sp³-hybridized carbons (Fsp3) is 0.364. The summed E-state index contributed by atoms with van der Waals surface area (Å²) >= 11 is 0. The molecular weight excluding hydrogens is 360 g/mol. The standard InChI is InChI=1S/C22H26O6/c1-13(2)18(21(23)19-14(25-3)9-7-10-15(19)26-4)22(24)20-16(27-5)11-8-12-17(20)28-6/h7-13,18H,1-6H3. The number of benzene rings is 2. The first kappa shape index (κ1) is 21.3. The fourth-order valence-electron chi connectivity index (χ4n) is 3.22. The van der Waals surface area contributed by atoms with Crippen LogP contribution < -0.4 is 18.9 Å². The Kier molecular flexibility index (Phi) is 7.04. The number of ketones is 2.